The Morgan fingerprint density at radius 3 is 2.00 bits per heavy atom. The van der Waals surface area contributed by atoms with E-state index in [0.29, 0.717) is 5.02 Å². The molecule has 0 saturated heterocycles. The summed E-state index contributed by atoms with van der Waals surface area (Å²) in [7, 11) is 0. The van der Waals surface area contributed by atoms with Crippen molar-refractivity contribution in [1.82, 2.24) is 0 Å². The van der Waals surface area contributed by atoms with Crippen LogP contribution in [-0.4, -0.2) is 6.18 Å². The lowest BCUT2D eigenvalue weighted by molar-refractivity contribution is -0.0906. The first-order valence-corrected chi connectivity index (χ1v) is 4.90. The van der Waals surface area contributed by atoms with Crippen LogP contribution >= 0.6 is 11.6 Å². The van der Waals surface area contributed by atoms with Crippen LogP contribution in [0.25, 0.3) is 0 Å². The fourth-order valence-electron chi connectivity index (χ4n) is 1.09. The highest BCUT2D eigenvalue weighted by molar-refractivity contribution is 6.30. The molecule has 0 unspecified atom stereocenters. The molecule has 0 spiro atoms. The van der Waals surface area contributed by atoms with E-state index in [4.69, 9.17) is 22.1 Å². The molecule has 0 aliphatic carbocycles. The fourth-order valence-corrected chi connectivity index (χ4v) is 1.22. The van der Waals surface area contributed by atoms with E-state index < -0.39 is 17.4 Å². The molecule has 0 fully saturated rings. The van der Waals surface area contributed by atoms with E-state index in [-0.39, 0.29) is 5.69 Å². The standard InChI is InChI=1S/C11H5ClF3N3/c12-8-1-3-9(4-2-8)18-10(11(13,14)15)7(5-16)6-17/h1-4,18H. The summed E-state index contributed by atoms with van der Waals surface area (Å²) < 4.78 is 38.0. The van der Waals surface area contributed by atoms with E-state index in [1.807, 2.05) is 5.32 Å². The van der Waals surface area contributed by atoms with Gasteiger partial charge in [0.1, 0.15) is 17.8 Å². The highest BCUT2D eigenvalue weighted by Crippen LogP contribution is 2.29. The minimum Gasteiger partial charge on any atom is -0.350 e. The van der Waals surface area contributed by atoms with Crippen molar-refractivity contribution < 1.29 is 13.2 Å². The van der Waals surface area contributed by atoms with Gasteiger partial charge in [0.05, 0.1) is 0 Å². The zero-order valence-corrected chi connectivity index (χ0v) is 9.47. The average Bonchev–Trinajstić information content (AvgIpc) is 2.30. The van der Waals surface area contributed by atoms with Crippen LogP contribution in [0.2, 0.25) is 5.02 Å². The second kappa shape index (κ2) is 5.44. The Bertz CT molecular complexity index is 531. The van der Waals surface area contributed by atoms with E-state index in [9.17, 15) is 13.2 Å². The van der Waals surface area contributed by atoms with Crippen LogP contribution in [-0.2, 0) is 0 Å². The van der Waals surface area contributed by atoms with E-state index >= 15 is 0 Å². The monoisotopic (exact) mass is 271 g/mol. The number of hydrogen-bond acceptors (Lipinski definition) is 3. The van der Waals surface area contributed by atoms with Crippen molar-refractivity contribution in [2.45, 2.75) is 6.18 Å². The van der Waals surface area contributed by atoms with E-state index in [1.54, 1.807) is 0 Å². The molecule has 1 N–H and O–H groups in total. The molecular weight excluding hydrogens is 267 g/mol. The van der Waals surface area contributed by atoms with Crippen molar-refractivity contribution in [3.63, 3.8) is 0 Å². The van der Waals surface area contributed by atoms with Gasteiger partial charge in [0.25, 0.3) is 0 Å². The van der Waals surface area contributed by atoms with Crippen LogP contribution in [0.4, 0.5) is 18.9 Å². The molecule has 0 aliphatic heterocycles. The summed E-state index contributed by atoms with van der Waals surface area (Å²) >= 11 is 5.59. The lowest BCUT2D eigenvalue weighted by Crippen LogP contribution is -2.21. The fraction of sp³-hybridized carbons (Fsp3) is 0.0909. The number of alkyl halides is 3. The van der Waals surface area contributed by atoms with E-state index in [2.05, 4.69) is 0 Å². The third-order valence-corrected chi connectivity index (χ3v) is 2.12. The Balaban J connectivity index is 3.17. The summed E-state index contributed by atoms with van der Waals surface area (Å²) in [5.41, 5.74) is -2.35. The molecule has 3 nitrogen and oxygen atoms in total. The predicted molar refractivity (Wildman–Crippen MR) is 59.4 cm³/mol. The molecule has 0 radical (unpaired) electrons. The molecule has 1 aromatic carbocycles. The van der Waals surface area contributed by atoms with E-state index in [0.717, 1.165) is 0 Å². The second-order valence-electron chi connectivity index (χ2n) is 3.10. The first-order valence-electron chi connectivity index (χ1n) is 4.52. The smallest absolute Gasteiger partial charge is 0.350 e. The normalized spacial score (nSPS) is 10.1. The van der Waals surface area contributed by atoms with Crippen LogP contribution in [0.15, 0.2) is 35.5 Å². The number of allylic oxidation sites excluding steroid dienone is 2. The average molecular weight is 272 g/mol. The molecule has 0 atom stereocenters. The quantitative estimate of drug-likeness (QED) is 0.836. The van der Waals surface area contributed by atoms with Gasteiger partial charge in [-0.05, 0) is 24.3 Å². The van der Waals surface area contributed by atoms with Crippen LogP contribution < -0.4 is 5.32 Å². The number of nitriles is 2. The number of halogens is 4. The van der Waals surface area contributed by atoms with Gasteiger partial charge in [0.2, 0.25) is 0 Å². The Morgan fingerprint density at radius 2 is 1.61 bits per heavy atom. The molecule has 18 heavy (non-hydrogen) atoms. The first-order chi connectivity index (χ1) is 8.38. The Morgan fingerprint density at radius 1 is 1.11 bits per heavy atom. The minimum atomic E-state index is -4.82. The molecule has 0 aromatic heterocycles. The Hall–Kier alpha value is -2.18. The van der Waals surface area contributed by atoms with Crippen molar-refractivity contribution in [1.29, 1.82) is 10.5 Å². The van der Waals surface area contributed by atoms with Gasteiger partial charge in [-0.15, -0.1) is 0 Å². The van der Waals surface area contributed by atoms with Gasteiger partial charge in [-0.1, -0.05) is 11.6 Å². The molecule has 7 heteroatoms. The largest absolute Gasteiger partial charge is 0.433 e. The number of hydrogen-bond donors (Lipinski definition) is 1. The summed E-state index contributed by atoms with van der Waals surface area (Å²) in [6.07, 6.45) is -4.82. The number of anilines is 1. The number of benzene rings is 1. The Kier molecular flexibility index (Phi) is 4.19. The van der Waals surface area contributed by atoms with Crippen molar-refractivity contribution in [3.8, 4) is 12.1 Å². The molecular formula is C11H5ClF3N3. The maximum atomic E-state index is 12.7. The van der Waals surface area contributed by atoms with Crippen molar-refractivity contribution in [3.05, 3.63) is 40.6 Å². The number of nitrogens with zero attached hydrogens (tertiary/aromatic N) is 2. The topological polar surface area (TPSA) is 59.6 Å². The molecule has 1 aromatic rings. The van der Waals surface area contributed by atoms with Gasteiger partial charge < -0.3 is 5.32 Å². The summed E-state index contributed by atoms with van der Waals surface area (Å²) in [5.74, 6) is 0. The molecule has 1 rings (SSSR count). The van der Waals surface area contributed by atoms with Gasteiger partial charge in [-0.2, -0.15) is 23.7 Å². The molecule has 0 aliphatic rings. The molecule has 0 amide bonds. The zero-order valence-electron chi connectivity index (χ0n) is 8.72. The maximum absolute atomic E-state index is 12.7. The summed E-state index contributed by atoms with van der Waals surface area (Å²) in [5, 5.41) is 19.3. The molecule has 0 saturated carbocycles. The number of nitrogens with one attached hydrogen (secondary N) is 1. The summed E-state index contributed by atoms with van der Waals surface area (Å²) in [6, 6.07) is 7.78. The third kappa shape index (κ3) is 3.41. The van der Waals surface area contributed by atoms with Crippen LogP contribution in [0.1, 0.15) is 0 Å². The minimum absolute atomic E-state index is 0.0784. The predicted octanol–water partition coefficient (Wildman–Crippen LogP) is 3.62. The van der Waals surface area contributed by atoms with Crippen molar-refractivity contribution in [2.24, 2.45) is 0 Å². The molecule has 92 valence electrons. The Labute approximate surface area is 106 Å². The van der Waals surface area contributed by atoms with Gasteiger partial charge >= 0.3 is 6.18 Å². The van der Waals surface area contributed by atoms with Gasteiger partial charge in [0, 0.05) is 10.7 Å². The van der Waals surface area contributed by atoms with Gasteiger partial charge in [-0.25, -0.2) is 0 Å². The van der Waals surface area contributed by atoms with E-state index in [1.165, 1.54) is 36.4 Å². The highest BCUT2D eigenvalue weighted by atomic mass is 35.5. The van der Waals surface area contributed by atoms with Gasteiger partial charge in [0.15, 0.2) is 5.57 Å². The lowest BCUT2D eigenvalue weighted by Gasteiger charge is -2.14. The van der Waals surface area contributed by atoms with Crippen LogP contribution in [0.5, 0.6) is 0 Å². The summed E-state index contributed by atoms with van der Waals surface area (Å²) in [4.78, 5) is 0. The third-order valence-electron chi connectivity index (χ3n) is 1.87. The number of rotatable bonds is 2. The van der Waals surface area contributed by atoms with Crippen molar-refractivity contribution in [2.75, 3.05) is 5.32 Å². The zero-order chi connectivity index (χ0) is 13.8. The van der Waals surface area contributed by atoms with Crippen LogP contribution in [0, 0.1) is 22.7 Å². The molecule has 0 heterocycles. The maximum Gasteiger partial charge on any atom is 0.433 e. The van der Waals surface area contributed by atoms with Crippen LogP contribution in [0.3, 0.4) is 0 Å². The second-order valence-corrected chi connectivity index (χ2v) is 3.54. The SMILES string of the molecule is N#CC(C#N)=C(Nc1ccc(Cl)cc1)C(F)(F)F. The molecule has 0 bridgehead atoms. The first kappa shape index (κ1) is 13.9. The van der Waals surface area contributed by atoms with Gasteiger partial charge in [-0.3, -0.25) is 0 Å². The van der Waals surface area contributed by atoms with Crippen molar-refractivity contribution >= 4 is 17.3 Å². The summed E-state index contributed by atoms with van der Waals surface area (Å²) in [6.45, 7) is 0. The lowest BCUT2D eigenvalue weighted by atomic mass is 10.2. The highest BCUT2D eigenvalue weighted by Gasteiger charge is 2.37.